The van der Waals surface area contributed by atoms with Gasteiger partial charge in [-0.3, -0.25) is 9.59 Å². The molecule has 13 heavy (non-hydrogen) atoms. The molecular formula is C8H14O4Si. The van der Waals surface area contributed by atoms with Crippen molar-refractivity contribution in [1.29, 1.82) is 0 Å². The van der Waals surface area contributed by atoms with Gasteiger partial charge >= 0.3 is 11.9 Å². The first kappa shape index (κ1) is 10.4. The summed E-state index contributed by atoms with van der Waals surface area (Å²) >= 11 is 0. The normalized spacial score (nSPS) is 20.2. The predicted octanol–water partition coefficient (Wildman–Crippen LogP) is 1.07. The molecule has 1 aliphatic rings. The van der Waals surface area contributed by atoms with Crippen LogP contribution in [0, 0.1) is 0 Å². The lowest BCUT2D eigenvalue weighted by Gasteiger charge is -2.27. The minimum atomic E-state index is -1.66. The Bertz CT molecular complexity index is 215. The van der Waals surface area contributed by atoms with Gasteiger partial charge in [-0.15, -0.1) is 0 Å². The Morgan fingerprint density at radius 2 is 1.69 bits per heavy atom. The van der Waals surface area contributed by atoms with Crippen molar-refractivity contribution < 1.29 is 18.8 Å². The second kappa shape index (κ2) is 3.59. The van der Waals surface area contributed by atoms with Crippen molar-refractivity contribution in [3.8, 4) is 0 Å². The number of esters is 2. The molecule has 0 unspecified atom stereocenters. The molecule has 0 aromatic heterocycles. The van der Waals surface area contributed by atoms with Gasteiger partial charge in [0.05, 0.1) is 18.9 Å². The highest BCUT2D eigenvalue weighted by atomic mass is 28.4. The maximum absolute atomic E-state index is 10.9. The van der Waals surface area contributed by atoms with E-state index in [1.807, 2.05) is 19.6 Å². The van der Waals surface area contributed by atoms with Gasteiger partial charge in [-0.2, -0.15) is 0 Å². The van der Waals surface area contributed by atoms with Crippen LogP contribution in [0.5, 0.6) is 0 Å². The topological polar surface area (TPSA) is 52.6 Å². The fraction of sp³-hybridized carbons (Fsp3) is 0.750. The van der Waals surface area contributed by atoms with E-state index >= 15 is 0 Å². The van der Waals surface area contributed by atoms with E-state index in [-0.39, 0.29) is 18.9 Å². The number of carbonyl (C=O) groups excluding carboxylic acids is 2. The summed E-state index contributed by atoms with van der Waals surface area (Å²) in [6.45, 7) is 6.08. The molecule has 4 nitrogen and oxygen atoms in total. The van der Waals surface area contributed by atoms with Crippen LogP contribution in [0.3, 0.4) is 0 Å². The number of rotatable bonds is 2. The fourth-order valence-electron chi connectivity index (χ4n) is 1.24. The summed E-state index contributed by atoms with van der Waals surface area (Å²) in [5, 5.41) is 0. The maximum atomic E-state index is 10.9. The molecule has 1 fully saturated rings. The molecular weight excluding hydrogens is 188 g/mol. The van der Waals surface area contributed by atoms with Crippen LogP contribution in [0.1, 0.15) is 12.8 Å². The first-order valence-electron chi connectivity index (χ1n) is 4.28. The van der Waals surface area contributed by atoms with Gasteiger partial charge in [-0.25, -0.2) is 0 Å². The smallest absolute Gasteiger partial charge is 0.316 e. The van der Waals surface area contributed by atoms with Crippen molar-refractivity contribution >= 4 is 20.3 Å². The van der Waals surface area contributed by atoms with E-state index in [9.17, 15) is 9.59 Å². The summed E-state index contributed by atoms with van der Waals surface area (Å²) in [5.41, 5.74) is 0. The third kappa shape index (κ3) is 3.69. The lowest BCUT2D eigenvalue weighted by Crippen LogP contribution is -2.38. The first-order chi connectivity index (χ1) is 5.87. The van der Waals surface area contributed by atoms with E-state index in [0.717, 1.165) is 0 Å². The van der Waals surface area contributed by atoms with E-state index < -0.39 is 20.3 Å². The van der Waals surface area contributed by atoms with Gasteiger partial charge < -0.3 is 9.16 Å². The Labute approximate surface area is 78.3 Å². The Hall–Kier alpha value is -0.683. The molecule has 0 radical (unpaired) electrons. The van der Waals surface area contributed by atoms with E-state index in [4.69, 9.17) is 4.43 Å². The average molecular weight is 202 g/mol. The minimum absolute atomic E-state index is 0.204. The highest BCUT2D eigenvalue weighted by molar-refractivity contribution is 6.69. The average Bonchev–Trinajstić information content (AvgIpc) is 1.78. The van der Waals surface area contributed by atoms with Gasteiger partial charge in [0.15, 0.2) is 8.32 Å². The zero-order valence-corrected chi connectivity index (χ0v) is 9.12. The standard InChI is InChI=1S/C8H14O4Si/c1-13(2,3)12-6-4-7(9)11-8(10)5-6/h6H,4-5H2,1-3H3. The molecule has 1 rings (SSSR count). The molecule has 0 spiro atoms. The SMILES string of the molecule is C[Si](C)(C)OC1CC(=O)OC(=O)C1. The number of hydrogen-bond acceptors (Lipinski definition) is 4. The van der Waals surface area contributed by atoms with Crippen LogP contribution >= 0.6 is 0 Å². The molecule has 5 heteroatoms. The first-order valence-corrected chi connectivity index (χ1v) is 7.69. The maximum Gasteiger partial charge on any atom is 0.316 e. The van der Waals surface area contributed by atoms with Crippen LogP contribution in [-0.2, 0) is 18.8 Å². The largest absolute Gasteiger partial charge is 0.414 e. The van der Waals surface area contributed by atoms with Gasteiger partial charge in [0.25, 0.3) is 0 Å². The van der Waals surface area contributed by atoms with E-state index in [2.05, 4.69) is 4.74 Å². The summed E-state index contributed by atoms with van der Waals surface area (Å²) in [6, 6.07) is 0. The molecule has 0 N–H and O–H groups in total. The predicted molar refractivity (Wildman–Crippen MR) is 48.6 cm³/mol. The van der Waals surface area contributed by atoms with Gasteiger partial charge in [0.1, 0.15) is 0 Å². The van der Waals surface area contributed by atoms with E-state index in [0.29, 0.717) is 0 Å². The monoisotopic (exact) mass is 202 g/mol. The Kier molecular flexibility index (Phi) is 2.87. The zero-order chi connectivity index (χ0) is 10.1. The second-order valence-corrected chi connectivity index (χ2v) is 8.57. The van der Waals surface area contributed by atoms with Crippen molar-refractivity contribution in [2.24, 2.45) is 0 Å². The number of hydrogen-bond donors (Lipinski definition) is 0. The van der Waals surface area contributed by atoms with E-state index in [1.54, 1.807) is 0 Å². The molecule has 1 heterocycles. The molecule has 0 saturated carbocycles. The summed E-state index contributed by atoms with van der Waals surface area (Å²) in [5.74, 6) is -0.945. The zero-order valence-electron chi connectivity index (χ0n) is 8.12. The van der Waals surface area contributed by atoms with Crippen molar-refractivity contribution in [3.05, 3.63) is 0 Å². The van der Waals surface area contributed by atoms with Crippen LogP contribution in [0.15, 0.2) is 0 Å². The van der Waals surface area contributed by atoms with Gasteiger partial charge in [0, 0.05) is 0 Å². The quantitative estimate of drug-likeness (QED) is 0.382. The molecule has 0 atom stereocenters. The third-order valence-corrected chi connectivity index (χ3v) is 2.58. The Morgan fingerprint density at radius 1 is 1.23 bits per heavy atom. The van der Waals surface area contributed by atoms with Crippen LogP contribution in [0.2, 0.25) is 19.6 Å². The Balaban J connectivity index is 2.51. The summed E-state index contributed by atoms with van der Waals surface area (Å²) in [6.07, 6.45) is 0.145. The van der Waals surface area contributed by atoms with Gasteiger partial charge in [-0.1, -0.05) is 0 Å². The molecule has 0 bridgehead atoms. The molecule has 0 aromatic rings. The number of carbonyl (C=O) groups is 2. The molecule has 0 amide bonds. The summed E-state index contributed by atoms with van der Waals surface area (Å²) in [4.78, 5) is 21.7. The summed E-state index contributed by atoms with van der Waals surface area (Å²) in [7, 11) is -1.66. The lowest BCUT2D eigenvalue weighted by atomic mass is 10.1. The van der Waals surface area contributed by atoms with Crippen molar-refractivity contribution in [3.63, 3.8) is 0 Å². The third-order valence-electron chi connectivity index (χ3n) is 1.54. The van der Waals surface area contributed by atoms with Crippen molar-refractivity contribution in [2.75, 3.05) is 0 Å². The molecule has 0 aliphatic carbocycles. The molecule has 1 aliphatic heterocycles. The van der Waals surface area contributed by atoms with Crippen LogP contribution < -0.4 is 0 Å². The number of cyclic esters (lactones) is 2. The minimum Gasteiger partial charge on any atom is -0.414 e. The van der Waals surface area contributed by atoms with Crippen LogP contribution in [-0.4, -0.2) is 26.4 Å². The van der Waals surface area contributed by atoms with Gasteiger partial charge in [0.2, 0.25) is 0 Å². The summed E-state index contributed by atoms with van der Waals surface area (Å²) < 4.78 is 10.0. The van der Waals surface area contributed by atoms with Gasteiger partial charge in [-0.05, 0) is 19.6 Å². The Morgan fingerprint density at radius 3 is 2.08 bits per heavy atom. The highest BCUT2D eigenvalue weighted by Crippen LogP contribution is 2.17. The fourth-order valence-corrected chi connectivity index (χ4v) is 2.40. The lowest BCUT2D eigenvalue weighted by molar-refractivity contribution is -0.167. The molecule has 74 valence electrons. The number of ether oxygens (including phenoxy) is 1. The van der Waals surface area contributed by atoms with E-state index in [1.165, 1.54) is 0 Å². The molecule has 0 aromatic carbocycles. The molecule has 1 saturated heterocycles. The van der Waals surface area contributed by atoms with Crippen molar-refractivity contribution in [1.82, 2.24) is 0 Å². The second-order valence-electron chi connectivity index (χ2n) is 4.11. The van der Waals surface area contributed by atoms with Crippen LogP contribution in [0.25, 0.3) is 0 Å². The van der Waals surface area contributed by atoms with Crippen LogP contribution in [0.4, 0.5) is 0 Å². The van der Waals surface area contributed by atoms with Crippen molar-refractivity contribution in [2.45, 2.75) is 38.6 Å². The highest BCUT2D eigenvalue weighted by Gasteiger charge is 2.31.